The van der Waals surface area contributed by atoms with Crippen molar-refractivity contribution in [3.8, 4) is 0 Å². The highest BCUT2D eigenvalue weighted by atomic mass is 16.4. The van der Waals surface area contributed by atoms with Crippen LogP contribution in [-0.2, 0) is 0 Å². The fourth-order valence-electron chi connectivity index (χ4n) is 2.89. The van der Waals surface area contributed by atoms with E-state index in [2.05, 4.69) is 29.6 Å². The van der Waals surface area contributed by atoms with E-state index in [0.29, 0.717) is 16.5 Å². The van der Waals surface area contributed by atoms with Gasteiger partial charge in [0, 0.05) is 29.7 Å². The SMILES string of the molecule is CCN(CC)c1ccc(C(=O)NNC(=O)c2cc3ccccc3oc2=O)cc1. The van der Waals surface area contributed by atoms with Crippen LogP contribution in [0.15, 0.2) is 63.8 Å². The molecule has 1 aromatic heterocycles. The van der Waals surface area contributed by atoms with Crippen molar-refractivity contribution in [2.45, 2.75) is 13.8 Å². The molecule has 144 valence electrons. The molecule has 0 saturated heterocycles. The lowest BCUT2D eigenvalue weighted by molar-refractivity contribution is 0.0844. The molecule has 2 amide bonds. The Kier molecular flexibility index (Phi) is 5.74. The Balaban J connectivity index is 1.68. The molecule has 28 heavy (non-hydrogen) atoms. The zero-order valence-corrected chi connectivity index (χ0v) is 15.7. The van der Waals surface area contributed by atoms with Crippen molar-refractivity contribution in [1.82, 2.24) is 10.9 Å². The summed E-state index contributed by atoms with van der Waals surface area (Å²) in [5.41, 5.74) is 5.41. The van der Waals surface area contributed by atoms with E-state index in [-0.39, 0.29) is 5.56 Å². The predicted octanol–water partition coefficient (Wildman–Crippen LogP) is 2.71. The smallest absolute Gasteiger partial charge is 0.349 e. The number of fused-ring (bicyclic) bond motifs is 1. The van der Waals surface area contributed by atoms with Gasteiger partial charge in [-0.05, 0) is 50.2 Å². The van der Waals surface area contributed by atoms with Gasteiger partial charge in [-0.2, -0.15) is 0 Å². The maximum Gasteiger partial charge on any atom is 0.349 e. The second-order valence-corrected chi connectivity index (χ2v) is 6.11. The zero-order chi connectivity index (χ0) is 20.1. The van der Waals surface area contributed by atoms with Crippen molar-refractivity contribution in [3.63, 3.8) is 0 Å². The molecule has 0 bridgehead atoms. The van der Waals surface area contributed by atoms with Gasteiger partial charge >= 0.3 is 5.63 Å². The van der Waals surface area contributed by atoms with Crippen LogP contribution in [0.25, 0.3) is 11.0 Å². The third-order valence-electron chi connectivity index (χ3n) is 4.43. The van der Waals surface area contributed by atoms with Crippen LogP contribution in [0.2, 0.25) is 0 Å². The molecule has 2 aromatic carbocycles. The number of carbonyl (C=O) groups is 2. The van der Waals surface area contributed by atoms with Crippen LogP contribution >= 0.6 is 0 Å². The second-order valence-electron chi connectivity index (χ2n) is 6.11. The average Bonchev–Trinajstić information content (AvgIpc) is 2.72. The number of hydrogen-bond donors (Lipinski definition) is 2. The van der Waals surface area contributed by atoms with Gasteiger partial charge < -0.3 is 9.32 Å². The number of para-hydroxylation sites is 1. The molecule has 7 nitrogen and oxygen atoms in total. The average molecular weight is 379 g/mol. The lowest BCUT2D eigenvalue weighted by atomic mass is 10.2. The quantitative estimate of drug-likeness (QED) is 0.525. The van der Waals surface area contributed by atoms with Crippen molar-refractivity contribution in [1.29, 1.82) is 0 Å². The Morgan fingerprint density at radius 2 is 1.57 bits per heavy atom. The maximum absolute atomic E-state index is 12.3. The van der Waals surface area contributed by atoms with Gasteiger partial charge in [0.05, 0.1) is 0 Å². The highest BCUT2D eigenvalue weighted by Crippen LogP contribution is 2.15. The number of nitrogens with zero attached hydrogens (tertiary/aromatic N) is 1. The van der Waals surface area contributed by atoms with Crippen molar-refractivity contribution in [2.75, 3.05) is 18.0 Å². The summed E-state index contributed by atoms with van der Waals surface area (Å²) in [5, 5.41) is 0.616. The van der Waals surface area contributed by atoms with E-state index < -0.39 is 17.4 Å². The van der Waals surface area contributed by atoms with E-state index in [1.807, 2.05) is 12.1 Å². The number of rotatable bonds is 5. The van der Waals surface area contributed by atoms with E-state index in [0.717, 1.165) is 18.8 Å². The Morgan fingerprint density at radius 1 is 0.929 bits per heavy atom. The van der Waals surface area contributed by atoms with Crippen molar-refractivity contribution >= 4 is 28.5 Å². The van der Waals surface area contributed by atoms with E-state index in [1.54, 1.807) is 36.4 Å². The summed E-state index contributed by atoms with van der Waals surface area (Å²) in [6.07, 6.45) is 0. The number of hydrazine groups is 1. The van der Waals surface area contributed by atoms with Crippen LogP contribution in [0.5, 0.6) is 0 Å². The monoisotopic (exact) mass is 379 g/mol. The molecule has 2 N–H and O–H groups in total. The van der Waals surface area contributed by atoms with Crippen LogP contribution in [0, 0.1) is 0 Å². The molecule has 0 saturated carbocycles. The molecule has 0 fully saturated rings. The van der Waals surface area contributed by atoms with E-state index in [9.17, 15) is 14.4 Å². The van der Waals surface area contributed by atoms with Gasteiger partial charge in [-0.25, -0.2) is 4.79 Å². The summed E-state index contributed by atoms with van der Waals surface area (Å²) in [5.74, 6) is -1.22. The van der Waals surface area contributed by atoms with Gasteiger partial charge in [-0.3, -0.25) is 20.4 Å². The molecule has 3 rings (SSSR count). The van der Waals surface area contributed by atoms with Crippen LogP contribution in [0.3, 0.4) is 0 Å². The molecule has 1 heterocycles. The first-order valence-electron chi connectivity index (χ1n) is 9.02. The number of nitrogens with one attached hydrogen (secondary N) is 2. The molecule has 0 radical (unpaired) electrons. The second kappa shape index (κ2) is 8.39. The minimum atomic E-state index is -0.769. The van der Waals surface area contributed by atoms with E-state index in [4.69, 9.17) is 4.42 Å². The molecular weight excluding hydrogens is 358 g/mol. The number of hydrogen-bond acceptors (Lipinski definition) is 5. The Bertz CT molecular complexity index is 1050. The van der Waals surface area contributed by atoms with Crippen LogP contribution in [-0.4, -0.2) is 24.9 Å². The molecule has 3 aromatic rings. The van der Waals surface area contributed by atoms with Crippen LogP contribution in [0.1, 0.15) is 34.6 Å². The standard InChI is InChI=1S/C21H21N3O4/c1-3-24(4-2)16-11-9-14(10-12-16)19(25)22-23-20(26)17-13-15-7-5-6-8-18(15)28-21(17)27/h5-13H,3-4H2,1-2H3,(H,22,25)(H,23,26). The predicted molar refractivity (Wildman–Crippen MR) is 107 cm³/mol. The first kappa shape index (κ1) is 19.2. The minimum Gasteiger partial charge on any atom is -0.422 e. The lowest BCUT2D eigenvalue weighted by Crippen LogP contribution is -2.43. The largest absolute Gasteiger partial charge is 0.422 e. The fraction of sp³-hybridized carbons (Fsp3) is 0.190. The summed E-state index contributed by atoms with van der Waals surface area (Å²) in [4.78, 5) is 38.7. The molecule has 0 spiro atoms. The number of amides is 2. The first-order chi connectivity index (χ1) is 13.5. The Labute approximate surface area is 161 Å². The number of benzene rings is 2. The summed E-state index contributed by atoms with van der Waals surface area (Å²) in [6, 6.07) is 15.4. The number of anilines is 1. The van der Waals surface area contributed by atoms with Crippen molar-refractivity contribution in [2.24, 2.45) is 0 Å². The third kappa shape index (κ3) is 4.03. The molecule has 0 aliphatic rings. The normalized spacial score (nSPS) is 10.5. The summed E-state index contributed by atoms with van der Waals surface area (Å²) in [7, 11) is 0. The van der Waals surface area contributed by atoms with Gasteiger partial charge in [0.1, 0.15) is 11.1 Å². The molecular formula is C21H21N3O4. The number of carbonyl (C=O) groups excluding carboxylic acids is 2. The van der Waals surface area contributed by atoms with Gasteiger partial charge in [-0.15, -0.1) is 0 Å². The highest BCUT2D eigenvalue weighted by molar-refractivity contribution is 6.00. The van der Waals surface area contributed by atoms with E-state index in [1.165, 1.54) is 6.07 Å². The summed E-state index contributed by atoms with van der Waals surface area (Å²) >= 11 is 0. The minimum absolute atomic E-state index is 0.184. The Hall–Kier alpha value is -3.61. The van der Waals surface area contributed by atoms with Crippen molar-refractivity contribution in [3.05, 3.63) is 76.1 Å². The molecule has 7 heteroatoms. The van der Waals surface area contributed by atoms with Crippen LogP contribution in [0.4, 0.5) is 5.69 Å². The molecule has 0 aliphatic carbocycles. The van der Waals surface area contributed by atoms with Crippen LogP contribution < -0.4 is 21.4 Å². The maximum atomic E-state index is 12.3. The van der Waals surface area contributed by atoms with Crippen molar-refractivity contribution < 1.29 is 14.0 Å². The Morgan fingerprint density at radius 3 is 2.25 bits per heavy atom. The first-order valence-corrected chi connectivity index (χ1v) is 9.02. The summed E-state index contributed by atoms with van der Waals surface area (Å²) < 4.78 is 5.13. The topological polar surface area (TPSA) is 91.7 Å². The van der Waals surface area contributed by atoms with Gasteiger partial charge in [0.2, 0.25) is 0 Å². The van der Waals surface area contributed by atoms with Gasteiger partial charge in [-0.1, -0.05) is 18.2 Å². The molecule has 0 aliphatic heterocycles. The highest BCUT2D eigenvalue weighted by Gasteiger charge is 2.15. The fourth-order valence-corrected chi connectivity index (χ4v) is 2.89. The van der Waals surface area contributed by atoms with Gasteiger partial charge in [0.25, 0.3) is 11.8 Å². The zero-order valence-electron chi connectivity index (χ0n) is 15.7. The lowest BCUT2D eigenvalue weighted by Gasteiger charge is -2.21. The molecule has 0 atom stereocenters. The summed E-state index contributed by atoms with van der Waals surface area (Å²) in [6.45, 7) is 5.85. The third-order valence-corrected chi connectivity index (χ3v) is 4.43. The van der Waals surface area contributed by atoms with Gasteiger partial charge in [0.15, 0.2) is 0 Å². The molecule has 0 unspecified atom stereocenters. The van der Waals surface area contributed by atoms with E-state index >= 15 is 0 Å².